The second-order valence-corrected chi connectivity index (χ2v) is 6.08. The highest BCUT2D eigenvalue weighted by atomic mass is 127. The Bertz CT molecular complexity index is 584. The molecule has 4 heteroatoms. The number of rotatable bonds is 9. The first-order valence-electron chi connectivity index (χ1n) is 8.40. The van der Waals surface area contributed by atoms with Crippen molar-refractivity contribution in [2.75, 3.05) is 26.2 Å². The van der Waals surface area contributed by atoms with E-state index in [0.29, 0.717) is 0 Å². The molecule has 0 unspecified atom stereocenters. The third-order valence-corrected chi connectivity index (χ3v) is 4.30. The van der Waals surface area contributed by atoms with E-state index in [-0.39, 0.29) is 24.0 Å². The molecule has 0 radical (unpaired) electrons. The molecule has 0 aromatic heterocycles. The van der Waals surface area contributed by atoms with Gasteiger partial charge >= 0.3 is 0 Å². The van der Waals surface area contributed by atoms with Gasteiger partial charge in [-0.2, -0.15) is 0 Å². The van der Waals surface area contributed by atoms with E-state index in [4.69, 9.17) is 16.3 Å². The third kappa shape index (κ3) is 6.99. The number of halogens is 2. The van der Waals surface area contributed by atoms with Crippen LogP contribution in [-0.4, -0.2) is 31.1 Å². The average molecular weight is 460 g/mol. The van der Waals surface area contributed by atoms with Crippen molar-refractivity contribution in [1.82, 2.24) is 4.90 Å². The molecule has 132 valence electrons. The Labute approximate surface area is 168 Å². The fourth-order valence-corrected chi connectivity index (χ4v) is 2.75. The monoisotopic (exact) mass is 459 g/mol. The number of hydrogen-bond donors (Lipinski definition) is 0. The summed E-state index contributed by atoms with van der Waals surface area (Å²) in [5, 5.41) is 0.773. The zero-order valence-electron chi connectivity index (χ0n) is 14.5. The van der Waals surface area contributed by atoms with E-state index in [0.717, 1.165) is 49.9 Å². The molecule has 0 N–H and O–H groups in total. The van der Waals surface area contributed by atoms with Crippen LogP contribution in [0.2, 0.25) is 5.02 Å². The third-order valence-electron chi connectivity index (χ3n) is 4.05. The van der Waals surface area contributed by atoms with Gasteiger partial charge in [0.15, 0.2) is 0 Å². The second-order valence-electron chi connectivity index (χ2n) is 5.64. The molecule has 0 amide bonds. The molecule has 2 rings (SSSR count). The molecule has 0 bridgehead atoms. The molecule has 0 aliphatic heterocycles. The van der Waals surface area contributed by atoms with Crippen LogP contribution in [0.3, 0.4) is 0 Å². The van der Waals surface area contributed by atoms with E-state index in [2.05, 4.69) is 49.1 Å². The Hall–Kier alpha value is -0.780. The molecule has 0 aliphatic rings. The molecular formula is C20H27ClINO. The van der Waals surface area contributed by atoms with E-state index < -0.39 is 0 Å². The highest BCUT2D eigenvalue weighted by molar-refractivity contribution is 14.0. The smallest absolute Gasteiger partial charge is 0.122 e. The molecular weight excluding hydrogens is 433 g/mol. The van der Waals surface area contributed by atoms with Crippen LogP contribution in [-0.2, 0) is 6.42 Å². The van der Waals surface area contributed by atoms with Crippen LogP contribution in [0.1, 0.15) is 31.4 Å². The number of hydrogen-bond acceptors (Lipinski definition) is 2. The van der Waals surface area contributed by atoms with Crippen LogP contribution < -0.4 is 4.74 Å². The summed E-state index contributed by atoms with van der Waals surface area (Å²) in [6.07, 6.45) is 1.92. The van der Waals surface area contributed by atoms with Crippen LogP contribution in [0.15, 0.2) is 48.5 Å². The molecule has 2 aromatic rings. The van der Waals surface area contributed by atoms with Crippen molar-refractivity contribution in [3.05, 3.63) is 64.7 Å². The fraction of sp³-hybridized carbons (Fsp3) is 0.400. The standard InChI is InChI=1S/C20H26ClNO.HI/c1-3-22(4-2)14-7-15-23-20-9-6-5-8-18(20)16-17-10-12-19(21)13-11-17;/h5-6,8-13H,3-4,7,14-16H2,1-2H3;1H. The predicted octanol–water partition coefficient (Wildman–Crippen LogP) is 5.66. The normalized spacial score (nSPS) is 10.5. The molecule has 0 heterocycles. The molecule has 2 nitrogen and oxygen atoms in total. The van der Waals surface area contributed by atoms with Gasteiger partial charge in [0.05, 0.1) is 6.61 Å². The van der Waals surface area contributed by atoms with E-state index in [9.17, 15) is 0 Å². The molecule has 2 aromatic carbocycles. The van der Waals surface area contributed by atoms with E-state index in [1.165, 1.54) is 11.1 Å². The Morgan fingerprint density at radius 1 is 0.958 bits per heavy atom. The first-order valence-corrected chi connectivity index (χ1v) is 8.78. The van der Waals surface area contributed by atoms with Crippen molar-refractivity contribution in [3.63, 3.8) is 0 Å². The predicted molar refractivity (Wildman–Crippen MR) is 114 cm³/mol. The Morgan fingerprint density at radius 3 is 2.29 bits per heavy atom. The van der Waals surface area contributed by atoms with Crippen LogP contribution in [0, 0.1) is 0 Å². The molecule has 0 atom stereocenters. The summed E-state index contributed by atoms with van der Waals surface area (Å²) in [5.74, 6) is 0.988. The van der Waals surface area contributed by atoms with Gasteiger partial charge in [-0.25, -0.2) is 0 Å². The molecule has 0 aliphatic carbocycles. The van der Waals surface area contributed by atoms with E-state index >= 15 is 0 Å². The second kappa shape index (κ2) is 11.7. The van der Waals surface area contributed by atoms with Gasteiger partial charge in [0.1, 0.15) is 5.75 Å². The van der Waals surface area contributed by atoms with Gasteiger partial charge in [-0.1, -0.05) is 55.8 Å². The summed E-state index contributed by atoms with van der Waals surface area (Å²) in [7, 11) is 0. The number of ether oxygens (including phenoxy) is 1. The van der Waals surface area contributed by atoms with Crippen molar-refractivity contribution in [1.29, 1.82) is 0 Å². The minimum Gasteiger partial charge on any atom is -0.493 e. The lowest BCUT2D eigenvalue weighted by molar-refractivity contribution is 0.248. The first-order chi connectivity index (χ1) is 11.2. The van der Waals surface area contributed by atoms with E-state index in [1.807, 2.05) is 18.2 Å². The minimum atomic E-state index is 0. The maximum atomic E-state index is 6.02. The number of para-hydroxylation sites is 1. The number of nitrogens with zero attached hydrogens (tertiary/aromatic N) is 1. The van der Waals surface area contributed by atoms with Crippen LogP contribution in [0.5, 0.6) is 5.75 Å². The molecule has 0 spiro atoms. The zero-order valence-corrected chi connectivity index (χ0v) is 17.6. The number of benzene rings is 2. The Kier molecular flexibility index (Phi) is 10.4. The lowest BCUT2D eigenvalue weighted by atomic mass is 10.0. The maximum absolute atomic E-state index is 6.02. The first kappa shape index (κ1) is 21.3. The van der Waals surface area contributed by atoms with Gasteiger partial charge < -0.3 is 9.64 Å². The van der Waals surface area contributed by atoms with Gasteiger partial charge in [-0.15, -0.1) is 24.0 Å². The van der Waals surface area contributed by atoms with Gasteiger partial charge in [0, 0.05) is 18.0 Å². The average Bonchev–Trinajstić information content (AvgIpc) is 2.58. The molecule has 0 saturated carbocycles. The van der Waals surface area contributed by atoms with E-state index in [1.54, 1.807) is 0 Å². The van der Waals surface area contributed by atoms with Crippen molar-refractivity contribution in [2.45, 2.75) is 26.7 Å². The largest absolute Gasteiger partial charge is 0.493 e. The van der Waals surface area contributed by atoms with Crippen LogP contribution >= 0.6 is 35.6 Å². The van der Waals surface area contributed by atoms with Crippen molar-refractivity contribution in [3.8, 4) is 5.75 Å². The molecule has 0 saturated heterocycles. The fourth-order valence-electron chi connectivity index (χ4n) is 2.62. The lowest BCUT2D eigenvalue weighted by Gasteiger charge is -2.18. The lowest BCUT2D eigenvalue weighted by Crippen LogP contribution is -2.25. The van der Waals surface area contributed by atoms with Crippen LogP contribution in [0.25, 0.3) is 0 Å². The summed E-state index contributed by atoms with van der Waals surface area (Å²) in [4.78, 5) is 2.42. The van der Waals surface area contributed by atoms with Crippen molar-refractivity contribution >= 4 is 35.6 Å². The Morgan fingerprint density at radius 2 is 1.62 bits per heavy atom. The van der Waals surface area contributed by atoms with Gasteiger partial charge in [-0.05, 0) is 48.8 Å². The van der Waals surface area contributed by atoms with Gasteiger partial charge in [-0.3, -0.25) is 0 Å². The maximum Gasteiger partial charge on any atom is 0.122 e. The SMILES string of the molecule is CCN(CC)CCCOc1ccccc1Cc1ccc(Cl)cc1.I. The zero-order chi connectivity index (χ0) is 16.5. The summed E-state index contributed by atoms with van der Waals surface area (Å²) in [6.45, 7) is 8.45. The Balaban J connectivity index is 0.00000288. The highest BCUT2D eigenvalue weighted by Crippen LogP contribution is 2.22. The quantitative estimate of drug-likeness (QED) is 0.354. The van der Waals surface area contributed by atoms with Crippen molar-refractivity contribution in [2.24, 2.45) is 0 Å². The summed E-state index contributed by atoms with van der Waals surface area (Å²) < 4.78 is 6.02. The summed E-state index contributed by atoms with van der Waals surface area (Å²) in [6, 6.07) is 16.3. The van der Waals surface area contributed by atoms with Crippen molar-refractivity contribution < 1.29 is 4.74 Å². The summed E-state index contributed by atoms with van der Waals surface area (Å²) >= 11 is 5.95. The topological polar surface area (TPSA) is 12.5 Å². The minimum absolute atomic E-state index is 0. The van der Waals surface area contributed by atoms with Crippen LogP contribution in [0.4, 0.5) is 0 Å². The van der Waals surface area contributed by atoms with Gasteiger partial charge in [0.25, 0.3) is 0 Å². The molecule has 0 fully saturated rings. The highest BCUT2D eigenvalue weighted by Gasteiger charge is 2.05. The molecule has 24 heavy (non-hydrogen) atoms. The van der Waals surface area contributed by atoms with Gasteiger partial charge in [0.2, 0.25) is 0 Å². The summed E-state index contributed by atoms with van der Waals surface area (Å²) in [5.41, 5.74) is 2.46.